The monoisotopic (exact) mass is 324 g/mol. The molecule has 1 heterocycles. The Morgan fingerprint density at radius 3 is 2.90 bits per heavy atom. The Hall–Kier alpha value is -0.820. The van der Waals surface area contributed by atoms with Crippen LogP contribution in [-0.2, 0) is 4.74 Å². The van der Waals surface area contributed by atoms with E-state index in [-0.39, 0.29) is 30.9 Å². The van der Waals surface area contributed by atoms with Gasteiger partial charge in [-0.3, -0.25) is 4.90 Å². The van der Waals surface area contributed by atoms with Crippen LogP contribution in [-0.4, -0.2) is 50.7 Å². The van der Waals surface area contributed by atoms with Crippen molar-refractivity contribution < 1.29 is 17.9 Å². The molecule has 0 aromatic heterocycles. The molecule has 2 rings (SSSR count). The van der Waals surface area contributed by atoms with E-state index in [0.717, 1.165) is 25.2 Å². The lowest BCUT2D eigenvalue weighted by molar-refractivity contribution is 0.00368. The maximum atomic E-state index is 13.3. The number of ether oxygens (including phenoxy) is 1. The fraction of sp³-hybridized carbons (Fsp3) is 0.571. The maximum absolute atomic E-state index is 13.3. The molecule has 0 saturated carbocycles. The van der Waals surface area contributed by atoms with Gasteiger partial charge in [-0.25, -0.2) is 13.2 Å². The maximum Gasteiger partial charge on any atom is 0.261 e. The number of hydrogen-bond donors (Lipinski definition) is 1. The molecule has 21 heavy (non-hydrogen) atoms. The van der Waals surface area contributed by atoms with Crippen LogP contribution in [0.25, 0.3) is 0 Å². The smallest absolute Gasteiger partial charge is 0.261 e. The second-order valence-electron chi connectivity index (χ2n) is 4.78. The second kappa shape index (κ2) is 9.25. The van der Waals surface area contributed by atoms with Gasteiger partial charge in [-0.15, -0.1) is 12.4 Å². The Morgan fingerprint density at radius 2 is 2.19 bits per heavy atom. The molecule has 1 fully saturated rings. The van der Waals surface area contributed by atoms with E-state index in [1.807, 2.05) is 6.07 Å². The molecule has 1 N–H and O–H groups in total. The minimum atomic E-state index is -2.43. The molecular formula is C14H20ClF3N2O. The van der Waals surface area contributed by atoms with Gasteiger partial charge in [0.2, 0.25) is 0 Å². The molecular weight excluding hydrogens is 305 g/mol. The van der Waals surface area contributed by atoms with Gasteiger partial charge in [0.15, 0.2) is 0 Å². The molecule has 1 aromatic carbocycles. The summed E-state index contributed by atoms with van der Waals surface area (Å²) in [7, 11) is 0. The summed E-state index contributed by atoms with van der Waals surface area (Å²) in [5.41, 5.74) is 0.894. The fourth-order valence-corrected chi connectivity index (χ4v) is 2.41. The third-order valence-corrected chi connectivity index (χ3v) is 3.35. The standard InChI is InChI=1S/C14H19F3N2O.ClH/c15-12-3-1-2-11(8-12)13-9-18-4-5-19(13)6-7-20-10-14(16)17;/h1-3,8,13-14,18H,4-7,9-10H2;1H. The van der Waals surface area contributed by atoms with Crippen molar-refractivity contribution in [3.8, 4) is 0 Å². The van der Waals surface area contributed by atoms with Gasteiger partial charge in [-0.05, 0) is 17.7 Å². The van der Waals surface area contributed by atoms with Crippen LogP contribution in [0.2, 0.25) is 0 Å². The van der Waals surface area contributed by atoms with Crippen LogP contribution < -0.4 is 5.32 Å². The van der Waals surface area contributed by atoms with E-state index in [1.165, 1.54) is 12.1 Å². The summed E-state index contributed by atoms with van der Waals surface area (Å²) in [5, 5.41) is 3.27. The Kier molecular flexibility index (Phi) is 8.03. The first-order valence-corrected chi connectivity index (χ1v) is 6.73. The highest BCUT2D eigenvalue weighted by Gasteiger charge is 2.23. The first-order valence-electron chi connectivity index (χ1n) is 6.73. The van der Waals surface area contributed by atoms with Crippen molar-refractivity contribution in [2.75, 3.05) is 39.4 Å². The van der Waals surface area contributed by atoms with Gasteiger partial charge in [0.05, 0.1) is 6.61 Å². The van der Waals surface area contributed by atoms with Gasteiger partial charge in [-0.2, -0.15) is 0 Å². The van der Waals surface area contributed by atoms with Crippen LogP contribution in [0.15, 0.2) is 24.3 Å². The second-order valence-corrected chi connectivity index (χ2v) is 4.78. The van der Waals surface area contributed by atoms with Crippen molar-refractivity contribution in [3.63, 3.8) is 0 Å². The summed E-state index contributed by atoms with van der Waals surface area (Å²) in [6.45, 7) is 2.64. The highest BCUT2D eigenvalue weighted by atomic mass is 35.5. The Morgan fingerprint density at radius 1 is 1.38 bits per heavy atom. The van der Waals surface area contributed by atoms with Crippen LogP contribution in [0.5, 0.6) is 0 Å². The number of rotatable bonds is 6. The molecule has 120 valence electrons. The number of nitrogens with zero attached hydrogens (tertiary/aromatic N) is 1. The van der Waals surface area contributed by atoms with Gasteiger partial charge in [-0.1, -0.05) is 12.1 Å². The zero-order chi connectivity index (χ0) is 14.4. The third kappa shape index (κ3) is 5.82. The lowest BCUT2D eigenvalue weighted by Gasteiger charge is -2.36. The van der Waals surface area contributed by atoms with E-state index >= 15 is 0 Å². The van der Waals surface area contributed by atoms with Crippen LogP contribution in [0.3, 0.4) is 0 Å². The van der Waals surface area contributed by atoms with E-state index in [2.05, 4.69) is 10.2 Å². The molecule has 1 saturated heterocycles. The minimum Gasteiger partial charge on any atom is -0.374 e. The van der Waals surface area contributed by atoms with E-state index in [0.29, 0.717) is 6.54 Å². The predicted octanol–water partition coefficient (Wildman–Crippen LogP) is 2.48. The Balaban J connectivity index is 0.00000220. The van der Waals surface area contributed by atoms with Gasteiger partial charge in [0.25, 0.3) is 6.43 Å². The number of halogens is 4. The van der Waals surface area contributed by atoms with Crippen molar-refractivity contribution in [1.29, 1.82) is 0 Å². The average molecular weight is 325 g/mol. The predicted molar refractivity (Wildman–Crippen MR) is 77.7 cm³/mol. The summed E-state index contributed by atoms with van der Waals surface area (Å²) < 4.78 is 42.2. The SMILES string of the molecule is Cl.Fc1cccc(C2CNCCN2CCOCC(F)F)c1. The Labute approximate surface area is 128 Å². The topological polar surface area (TPSA) is 24.5 Å². The molecule has 0 spiro atoms. The van der Waals surface area contributed by atoms with Crippen molar-refractivity contribution in [2.24, 2.45) is 0 Å². The summed E-state index contributed by atoms with van der Waals surface area (Å²) in [5.74, 6) is -0.262. The molecule has 1 atom stereocenters. The van der Waals surface area contributed by atoms with Crippen LogP contribution >= 0.6 is 12.4 Å². The zero-order valence-corrected chi connectivity index (χ0v) is 12.4. The van der Waals surface area contributed by atoms with Crippen molar-refractivity contribution in [3.05, 3.63) is 35.6 Å². The summed E-state index contributed by atoms with van der Waals surface area (Å²) in [4.78, 5) is 2.14. The van der Waals surface area contributed by atoms with Crippen molar-refractivity contribution in [2.45, 2.75) is 12.5 Å². The number of nitrogens with one attached hydrogen (secondary N) is 1. The molecule has 1 unspecified atom stereocenters. The van der Waals surface area contributed by atoms with Gasteiger partial charge in [0, 0.05) is 32.2 Å². The number of alkyl halides is 2. The molecule has 7 heteroatoms. The van der Waals surface area contributed by atoms with Crippen LogP contribution in [0, 0.1) is 5.82 Å². The molecule has 1 aliphatic rings. The van der Waals surface area contributed by atoms with Gasteiger partial charge < -0.3 is 10.1 Å². The van der Waals surface area contributed by atoms with Crippen LogP contribution in [0.1, 0.15) is 11.6 Å². The normalized spacial score (nSPS) is 19.5. The number of hydrogen-bond acceptors (Lipinski definition) is 3. The lowest BCUT2D eigenvalue weighted by atomic mass is 10.0. The van der Waals surface area contributed by atoms with Crippen molar-refractivity contribution in [1.82, 2.24) is 10.2 Å². The molecule has 0 bridgehead atoms. The van der Waals surface area contributed by atoms with Gasteiger partial charge >= 0.3 is 0 Å². The molecule has 3 nitrogen and oxygen atoms in total. The van der Waals surface area contributed by atoms with E-state index < -0.39 is 13.0 Å². The number of benzene rings is 1. The average Bonchev–Trinajstić information content (AvgIpc) is 2.44. The van der Waals surface area contributed by atoms with Crippen LogP contribution in [0.4, 0.5) is 13.2 Å². The third-order valence-electron chi connectivity index (χ3n) is 3.35. The quantitative estimate of drug-likeness (QED) is 0.814. The van der Waals surface area contributed by atoms with Crippen molar-refractivity contribution >= 4 is 12.4 Å². The summed E-state index contributed by atoms with van der Waals surface area (Å²) in [6.07, 6.45) is -2.43. The first kappa shape index (κ1) is 18.2. The number of piperazine rings is 1. The molecule has 0 aliphatic carbocycles. The summed E-state index contributed by atoms with van der Waals surface area (Å²) in [6, 6.07) is 6.55. The molecule has 0 radical (unpaired) electrons. The highest BCUT2D eigenvalue weighted by molar-refractivity contribution is 5.85. The fourth-order valence-electron chi connectivity index (χ4n) is 2.41. The van der Waals surface area contributed by atoms with E-state index in [4.69, 9.17) is 4.74 Å². The Bertz CT molecular complexity index is 423. The zero-order valence-electron chi connectivity index (χ0n) is 11.6. The minimum absolute atomic E-state index is 0. The highest BCUT2D eigenvalue weighted by Crippen LogP contribution is 2.22. The largest absolute Gasteiger partial charge is 0.374 e. The lowest BCUT2D eigenvalue weighted by Crippen LogP contribution is -2.47. The summed E-state index contributed by atoms with van der Waals surface area (Å²) >= 11 is 0. The molecule has 1 aliphatic heterocycles. The molecule has 0 amide bonds. The molecule has 1 aromatic rings. The van der Waals surface area contributed by atoms with E-state index in [1.54, 1.807) is 6.07 Å². The first-order chi connectivity index (χ1) is 9.66. The van der Waals surface area contributed by atoms with Gasteiger partial charge in [0.1, 0.15) is 12.4 Å². The van der Waals surface area contributed by atoms with E-state index in [9.17, 15) is 13.2 Å².